The van der Waals surface area contributed by atoms with E-state index in [2.05, 4.69) is 36.8 Å². The first-order valence-corrected chi connectivity index (χ1v) is 5.74. The molecule has 0 radical (unpaired) electrons. The van der Waals surface area contributed by atoms with Gasteiger partial charge in [0.1, 0.15) is 12.4 Å². The van der Waals surface area contributed by atoms with Crippen LogP contribution in [0.4, 0.5) is 0 Å². The molecule has 0 unspecified atom stereocenters. The van der Waals surface area contributed by atoms with Crippen molar-refractivity contribution in [3.05, 3.63) is 66.7 Å². The number of benzene rings is 2. The highest BCUT2D eigenvalue weighted by Gasteiger charge is 2.06. The summed E-state index contributed by atoms with van der Waals surface area (Å²) in [5, 5.41) is 0. The molecule has 18 heavy (non-hydrogen) atoms. The van der Waals surface area contributed by atoms with E-state index in [-0.39, 0.29) is 0 Å². The van der Waals surface area contributed by atoms with Crippen molar-refractivity contribution in [3.8, 4) is 29.2 Å². The molecule has 0 heterocycles. The molecule has 0 bridgehead atoms. The maximum Gasteiger partial charge on any atom is 0.121 e. The fraction of sp³-hybridized carbons (Fsp3) is 0.0588. The molecule has 3 rings (SSSR count). The molecule has 0 spiro atoms. The van der Waals surface area contributed by atoms with Crippen molar-refractivity contribution in [1.29, 1.82) is 0 Å². The summed E-state index contributed by atoms with van der Waals surface area (Å²) >= 11 is 0. The van der Waals surface area contributed by atoms with Gasteiger partial charge in [0.05, 0.1) is 0 Å². The molecule has 0 fully saturated rings. The van der Waals surface area contributed by atoms with Crippen LogP contribution in [0.15, 0.2) is 61.2 Å². The molecular formula is C17H14O. The zero-order valence-corrected chi connectivity index (χ0v) is 10.1. The number of rotatable bonds is 3. The second kappa shape index (κ2) is 5.75. The number of fused-ring (bicyclic) bond motifs is 1. The molecule has 1 aromatic carbocycles. The van der Waals surface area contributed by atoms with Crippen LogP contribution in [0.3, 0.4) is 0 Å². The van der Waals surface area contributed by atoms with E-state index in [1.54, 1.807) is 6.08 Å². The SMILES string of the molecule is C#Cc1cccc(OCC=C)c1.c1cc2cc-2c1. The van der Waals surface area contributed by atoms with Crippen LogP contribution < -0.4 is 4.74 Å². The van der Waals surface area contributed by atoms with Gasteiger partial charge in [0, 0.05) is 5.56 Å². The maximum absolute atomic E-state index is 5.28. The molecule has 0 saturated carbocycles. The fourth-order valence-corrected chi connectivity index (χ4v) is 1.51. The lowest BCUT2D eigenvalue weighted by molar-refractivity contribution is 0.363. The lowest BCUT2D eigenvalue weighted by Gasteiger charge is -2.02. The molecule has 0 amide bonds. The summed E-state index contributed by atoms with van der Waals surface area (Å²) in [5.74, 6) is 3.32. The van der Waals surface area contributed by atoms with E-state index in [0.29, 0.717) is 6.61 Å². The molecule has 88 valence electrons. The van der Waals surface area contributed by atoms with Crippen LogP contribution >= 0.6 is 0 Å². The highest BCUT2D eigenvalue weighted by atomic mass is 16.5. The molecule has 2 aliphatic rings. The van der Waals surface area contributed by atoms with Gasteiger partial charge >= 0.3 is 0 Å². The van der Waals surface area contributed by atoms with Gasteiger partial charge in [0.25, 0.3) is 0 Å². The summed E-state index contributed by atoms with van der Waals surface area (Å²) < 4.78 is 5.28. The average molecular weight is 234 g/mol. The predicted octanol–water partition coefficient (Wildman–Crippen LogP) is 3.90. The third kappa shape index (κ3) is 3.26. The minimum absolute atomic E-state index is 0.508. The van der Waals surface area contributed by atoms with Gasteiger partial charge in [-0.15, -0.1) is 6.42 Å². The van der Waals surface area contributed by atoms with Crippen LogP contribution in [0.2, 0.25) is 0 Å². The van der Waals surface area contributed by atoms with Crippen molar-refractivity contribution >= 4 is 0 Å². The summed E-state index contributed by atoms with van der Waals surface area (Å²) in [7, 11) is 0. The van der Waals surface area contributed by atoms with Crippen molar-refractivity contribution in [1.82, 2.24) is 0 Å². The number of terminal acetylenes is 1. The Kier molecular flexibility index (Phi) is 3.83. The van der Waals surface area contributed by atoms with Gasteiger partial charge in [-0.3, -0.25) is 0 Å². The Morgan fingerprint density at radius 1 is 1.11 bits per heavy atom. The van der Waals surface area contributed by atoms with Crippen LogP contribution in [0.1, 0.15) is 5.56 Å². The number of hydrogen-bond acceptors (Lipinski definition) is 1. The largest absolute Gasteiger partial charge is 0.490 e. The van der Waals surface area contributed by atoms with E-state index in [1.165, 1.54) is 11.1 Å². The summed E-state index contributed by atoms with van der Waals surface area (Å²) in [4.78, 5) is 0. The van der Waals surface area contributed by atoms with E-state index in [0.717, 1.165) is 11.3 Å². The van der Waals surface area contributed by atoms with Crippen molar-refractivity contribution in [2.45, 2.75) is 0 Å². The molecule has 0 saturated heterocycles. The summed E-state index contributed by atoms with van der Waals surface area (Å²) in [5.41, 5.74) is 3.68. The molecule has 0 N–H and O–H groups in total. The van der Waals surface area contributed by atoms with Gasteiger partial charge in [-0.05, 0) is 35.4 Å². The minimum atomic E-state index is 0.508. The van der Waals surface area contributed by atoms with Crippen molar-refractivity contribution < 1.29 is 4.74 Å². The molecule has 2 aliphatic carbocycles. The third-order valence-electron chi connectivity index (χ3n) is 2.48. The molecule has 0 aromatic heterocycles. The molecule has 1 aromatic rings. The first kappa shape index (κ1) is 12.0. The first-order chi connectivity index (χ1) is 8.83. The molecule has 0 aliphatic heterocycles. The summed E-state index contributed by atoms with van der Waals surface area (Å²) in [6.07, 6.45) is 6.92. The second-order valence-electron chi connectivity index (χ2n) is 3.85. The Hall–Kier alpha value is -2.46. The quantitative estimate of drug-likeness (QED) is 0.493. The zero-order chi connectivity index (χ0) is 12.8. The van der Waals surface area contributed by atoms with Gasteiger partial charge in [-0.1, -0.05) is 42.8 Å². The molecule has 1 heteroatoms. The monoisotopic (exact) mass is 234 g/mol. The van der Waals surface area contributed by atoms with Gasteiger partial charge in [-0.25, -0.2) is 0 Å². The van der Waals surface area contributed by atoms with E-state index in [4.69, 9.17) is 11.2 Å². The Morgan fingerprint density at radius 3 is 2.33 bits per heavy atom. The number of hydrogen-bond donors (Lipinski definition) is 0. The highest BCUT2D eigenvalue weighted by Crippen LogP contribution is 2.32. The van der Waals surface area contributed by atoms with Gasteiger partial charge in [0.15, 0.2) is 0 Å². The van der Waals surface area contributed by atoms with Crippen LogP contribution in [-0.2, 0) is 0 Å². The van der Waals surface area contributed by atoms with Crippen LogP contribution in [-0.4, -0.2) is 6.61 Å². The van der Waals surface area contributed by atoms with Crippen molar-refractivity contribution in [3.63, 3.8) is 0 Å². The third-order valence-corrected chi connectivity index (χ3v) is 2.48. The van der Waals surface area contributed by atoms with Crippen LogP contribution in [0, 0.1) is 12.3 Å². The molecule has 0 atom stereocenters. The topological polar surface area (TPSA) is 9.23 Å². The van der Waals surface area contributed by atoms with Gasteiger partial charge in [0.2, 0.25) is 0 Å². The second-order valence-corrected chi connectivity index (χ2v) is 3.85. The Bertz CT molecular complexity index is 573. The smallest absolute Gasteiger partial charge is 0.121 e. The lowest BCUT2D eigenvalue weighted by atomic mass is 10.2. The summed E-state index contributed by atoms with van der Waals surface area (Å²) in [6.45, 7) is 4.06. The van der Waals surface area contributed by atoms with E-state index in [1.807, 2.05) is 24.3 Å². The molecular weight excluding hydrogens is 220 g/mol. The fourth-order valence-electron chi connectivity index (χ4n) is 1.51. The average Bonchev–Trinajstić information content (AvgIpc) is 3.04. The number of ether oxygens (including phenoxy) is 1. The van der Waals surface area contributed by atoms with Crippen LogP contribution in [0.5, 0.6) is 5.75 Å². The van der Waals surface area contributed by atoms with Gasteiger partial charge < -0.3 is 4.74 Å². The van der Waals surface area contributed by atoms with E-state index >= 15 is 0 Å². The first-order valence-electron chi connectivity index (χ1n) is 5.74. The predicted molar refractivity (Wildman–Crippen MR) is 75.5 cm³/mol. The van der Waals surface area contributed by atoms with Crippen molar-refractivity contribution in [2.24, 2.45) is 0 Å². The van der Waals surface area contributed by atoms with E-state index in [9.17, 15) is 0 Å². The normalized spacial score (nSPS) is 9.50. The standard InChI is InChI=1S/C11H10O.C6H4/c1-3-8-12-11-7-5-6-10(4-2)9-11;1-2-5-4-6(5)3-1/h2-3,5-7,9H,1,8H2;1-4H. The Morgan fingerprint density at radius 2 is 1.83 bits per heavy atom. The lowest BCUT2D eigenvalue weighted by Crippen LogP contribution is -1.92. The molecule has 1 nitrogen and oxygen atoms in total. The van der Waals surface area contributed by atoms with E-state index < -0.39 is 0 Å². The van der Waals surface area contributed by atoms with Crippen LogP contribution in [0.25, 0.3) is 11.1 Å². The zero-order valence-electron chi connectivity index (χ0n) is 10.1. The Balaban J connectivity index is 0.000000164. The minimum Gasteiger partial charge on any atom is -0.490 e. The van der Waals surface area contributed by atoms with Gasteiger partial charge in [-0.2, -0.15) is 0 Å². The van der Waals surface area contributed by atoms with Crippen molar-refractivity contribution in [2.75, 3.05) is 6.61 Å². The highest BCUT2D eigenvalue weighted by molar-refractivity contribution is 5.80. The summed E-state index contributed by atoms with van der Waals surface area (Å²) in [6, 6.07) is 15.9. The maximum atomic E-state index is 5.28. The Labute approximate surface area is 108 Å².